The number of carbonyl (C=O) groups excluding carboxylic acids is 1. The van der Waals surface area contributed by atoms with E-state index in [1.54, 1.807) is 0 Å². The van der Waals surface area contributed by atoms with Gasteiger partial charge in [-0.1, -0.05) is 0 Å². The predicted octanol–water partition coefficient (Wildman–Crippen LogP) is 2.54. The molecule has 1 aliphatic carbocycles. The number of hydrogen-bond acceptors (Lipinski definition) is 3. The van der Waals surface area contributed by atoms with Gasteiger partial charge in [-0.05, 0) is 31.8 Å². The maximum atomic E-state index is 10.7. The predicted molar refractivity (Wildman–Crippen MR) is 53.4 cm³/mol. The Balaban J connectivity index is 2.44. The molecule has 0 saturated carbocycles. The molecular formula is C11H16O3. The Morgan fingerprint density at radius 3 is 2.71 bits per heavy atom. The highest BCUT2D eigenvalue weighted by atomic mass is 16.5. The van der Waals surface area contributed by atoms with E-state index in [2.05, 4.69) is 11.7 Å². The number of hydrogen-bond donors (Lipinski definition) is 0. The Morgan fingerprint density at radius 1 is 1.36 bits per heavy atom. The SMILES string of the molecule is COC(=O)/C=C\OC1=C(C)CCCC1. The zero-order chi connectivity index (χ0) is 10.4. The van der Waals surface area contributed by atoms with Crippen LogP contribution in [0.5, 0.6) is 0 Å². The Morgan fingerprint density at radius 2 is 2.07 bits per heavy atom. The van der Waals surface area contributed by atoms with Gasteiger partial charge in [-0.2, -0.15) is 0 Å². The van der Waals surface area contributed by atoms with Crippen molar-refractivity contribution >= 4 is 5.97 Å². The number of carbonyl (C=O) groups is 1. The summed E-state index contributed by atoms with van der Waals surface area (Å²) in [5.41, 5.74) is 1.28. The van der Waals surface area contributed by atoms with Crippen molar-refractivity contribution in [3.63, 3.8) is 0 Å². The van der Waals surface area contributed by atoms with Crippen molar-refractivity contribution in [2.75, 3.05) is 7.11 Å². The third-order valence-electron chi connectivity index (χ3n) is 2.30. The Kier molecular flexibility index (Phi) is 4.23. The fourth-order valence-electron chi connectivity index (χ4n) is 1.43. The Labute approximate surface area is 84.4 Å². The van der Waals surface area contributed by atoms with E-state index in [4.69, 9.17) is 4.74 Å². The van der Waals surface area contributed by atoms with Gasteiger partial charge in [0.1, 0.15) is 5.76 Å². The van der Waals surface area contributed by atoms with Crippen molar-refractivity contribution in [3.05, 3.63) is 23.7 Å². The fraction of sp³-hybridized carbons (Fsp3) is 0.545. The monoisotopic (exact) mass is 196 g/mol. The zero-order valence-electron chi connectivity index (χ0n) is 8.71. The number of ether oxygens (including phenoxy) is 2. The van der Waals surface area contributed by atoms with Crippen molar-refractivity contribution in [1.82, 2.24) is 0 Å². The third-order valence-corrected chi connectivity index (χ3v) is 2.30. The van der Waals surface area contributed by atoms with Crippen LogP contribution in [0.25, 0.3) is 0 Å². The minimum Gasteiger partial charge on any atom is -0.469 e. The highest BCUT2D eigenvalue weighted by Crippen LogP contribution is 2.24. The first-order valence-corrected chi connectivity index (χ1v) is 4.84. The second-order valence-corrected chi connectivity index (χ2v) is 3.35. The highest BCUT2D eigenvalue weighted by Gasteiger charge is 2.09. The lowest BCUT2D eigenvalue weighted by atomic mass is 9.99. The molecule has 14 heavy (non-hydrogen) atoms. The quantitative estimate of drug-likeness (QED) is 0.395. The second-order valence-electron chi connectivity index (χ2n) is 3.35. The van der Waals surface area contributed by atoms with Crippen LogP contribution in [0.4, 0.5) is 0 Å². The van der Waals surface area contributed by atoms with Gasteiger partial charge in [0.15, 0.2) is 0 Å². The van der Waals surface area contributed by atoms with Gasteiger partial charge in [0.2, 0.25) is 0 Å². The summed E-state index contributed by atoms with van der Waals surface area (Å²) >= 11 is 0. The standard InChI is InChI=1S/C11H16O3/c1-9-5-3-4-6-10(9)14-8-7-11(12)13-2/h7-8H,3-6H2,1-2H3/b8-7-. The summed E-state index contributed by atoms with van der Waals surface area (Å²) in [6.07, 6.45) is 7.15. The van der Waals surface area contributed by atoms with Gasteiger partial charge in [0.25, 0.3) is 0 Å². The molecule has 3 nitrogen and oxygen atoms in total. The second kappa shape index (κ2) is 5.47. The molecule has 0 amide bonds. The summed E-state index contributed by atoms with van der Waals surface area (Å²) < 4.78 is 9.81. The lowest BCUT2D eigenvalue weighted by Gasteiger charge is -2.15. The summed E-state index contributed by atoms with van der Waals surface area (Å²) in [5, 5.41) is 0. The van der Waals surface area contributed by atoms with Crippen LogP contribution >= 0.6 is 0 Å². The molecule has 1 aliphatic rings. The van der Waals surface area contributed by atoms with E-state index in [0.29, 0.717) is 0 Å². The van der Waals surface area contributed by atoms with Gasteiger partial charge >= 0.3 is 5.97 Å². The number of esters is 1. The minimum absolute atomic E-state index is 0.390. The maximum Gasteiger partial charge on any atom is 0.333 e. The summed E-state index contributed by atoms with van der Waals surface area (Å²) in [6, 6.07) is 0. The van der Waals surface area contributed by atoms with Crippen LogP contribution < -0.4 is 0 Å². The van der Waals surface area contributed by atoms with Gasteiger partial charge in [0, 0.05) is 6.42 Å². The molecule has 0 saturated heterocycles. The molecule has 0 aromatic rings. The third kappa shape index (κ3) is 3.24. The van der Waals surface area contributed by atoms with E-state index >= 15 is 0 Å². The van der Waals surface area contributed by atoms with Crippen LogP contribution in [-0.2, 0) is 14.3 Å². The first-order valence-electron chi connectivity index (χ1n) is 4.84. The molecular weight excluding hydrogens is 180 g/mol. The van der Waals surface area contributed by atoms with E-state index < -0.39 is 0 Å². The normalized spacial score (nSPS) is 17.3. The molecule has 0 bridgehead atoms. The van der Waals surface area contributed by atoms with E-state index in [0.717, 1.165) is 18.6 Å². The summed E-state index contributed by atoms with van der Waals surface area (Å²) in [6.45, 7) is 2.07. The molecule has 0 atom stereocenters. The van der Waals surface area contributed by atoms with Gasteiger partial charge < -0.3 is 9.47 Å². The first-order chi connectivity index (χ1) is 6.74. The average Bonchev–Trinajstić information content (AvgIpc) is 2.20. The Hall–Kier alpha value is -1.25. The summed E-state index contributed by atoms with van der Waals surface area (Å²) in [5.74, 6) is 0.607. The van der Waals surface area contributed by atoms with E-state index in [1.807, 2.05) is 0 Å². The van der Waals surface area contributed by atoms with Crippen LogP contribution in [0.3, 0.4) is 0 Å². The largest absolute Gasteiger partial charge is 0.469 e. The average molecular weight is 196 g/mol. The fourth-order valence-corrected chi connectivity index (χ4v) is 1.43. The van der Waals surface area contributed by atoms with Crippen molar-refractivity contribution in [2.24, 2.45) is 0 Å². The van der Waals surface area contributed by atoms with Gasteiger partial charge in [-0.25, -0.2) is 4.79 Å². The topological polar surface area (TPSA) is 35.5 Å². The molecule has 0 spiro atoms. The van der Waals surface area contributed by atoms with Crippen LogP contribution in [0.15, 0.2) is 23.7 Å². The van der Waals surface area contributed by atoms with E-state index in [1.165, 1.54) is 37.9 Å². The van der Waals surface area contributed by atoms with Gasteiger partial charge in [0.05, 0.1) is 19.4 Å². The summed E-state index contributed by atoms with van der Waals surface area (Å²) in [4.78, 5) is 10.7. The number of allylic oxidation sites excluding steroid dienone is 2. The van der Waals surface area contributed by atoms with Crippen molar-refractivity contribution in [1.29, 1.82) is 0 Å². The zero-order valence-corrected chi connectivity index (χ0v) is 8.71. The molecule has 1 rings (SSSR count). The molecule has 0 radical (unpaired) electrons. The molecule has 0 aliphatic heterocycles. The van der Waals surface area contributed by atoms with Crippen LogP contribution in [0.2, 0.25) is 0 Å². The van der Waals surface area contributed by atoms with Crippen molar-refractivity contribution in [3.8, 4) is 0 Å². The summed E-state index contributed by atoms with van der Waals surface area (Å²) in [7, 11) is 1.35. The van der Waals surface area contributed by atoms with Crippen LogP contribution in [0.1, 0.15) is 32.6 Å². The van der Waals surface area contributed by atoms with E-state index in [9.17, 15) is 4.79 Å². The number of rotatable bonds is 3. The van der Waals surface area contributed by atoms with Crippen LogP contribution in [-0.4, -0.2) is 13.1 Å². The molecule has 0 aromatic heterocycles. The van der Waals surface area contributed by atoms with Crippen molar-refractivity contribution < 1.29 is 14.3 Å². The van der Waals surface area contributed by atoms with Gasteiger partial charge in [-0.15, -0.1) is 0 Å². The lowest BCUT2D eigenvalue weighted by molar-refractivity contribution is -0.134. The van der Waals surface area contributed by atoms with Crippen molar-refractivity contribution in [2.45, 2.75) is 32.6 Å². The molecule has 3 heteroatoms. The van der Waals surface area contributed by atoms with Gasteiger partial charge in [-0.3, -0.25) is 0 Å². The number of methoxy groups -OCH3 is 1. The molecule has 0 fully saturated rings. The molecule has 78 valence electrons. The maximum absolute atomic E-state index is 10.7. The molecule has 0 heterocycles. The molecule has 0 N–H and O–H groups in total. The molecule has 0 unspecified atom stereocenters. The minimum atomic E-state index is -0.390. The first kappa shape index (κ1) is 10.8. The lowest BCUT2D eigenvalue weighted by Crippen LogP contribution is -1.99. The smallest absolute Gasteiger partial charge is 0.333 e. The molecule has 0 aromatic carbocycles. The Bertz CT molecular complexity index is 264. The highest BCUT2D eigenvalue weighted by molar-refractivity contribution is 5.81. The van der Waals surface area contributed by atoms with E-state index in [-0.39, 0.29) is 5.97 Å². The van der Waals surface area contributed by atoms with Crippen LogP contribution in [0, 0.1) is 0 Å².